The summed E-state index contributed by atoms with van der Waals surface area (Å²) in [6, 6.07) is 23.0. The third-order valence-corrected chi connectivity index (χ3v) is 6.27. The number of nitrogens with zero attached hydrogens (tertiary/aromatic N) is 2. The maximum absolute atomic E-state index is 12.6. The molecular weight excluding hydrogens is 472 g/mol. The number of hydrogen-bond acceptors (Lipinski definition) is 5. The Bertz CT molecular complexity index is 1250. The molecule has 1 atom stereocenters. The first-order chi connectivity index (χ1) is 16.4. The van der Waals surface area contributed by atoms with E-state index in [9.17, 15) is 14.4 Å². The van der Waals surface area contributed by atoms with Crippen molar-refractivity contribution in [3.05, 3.63) is 89.4 Å². The standard InChI is InChI=1S/C25H21ClN4O3S/c1-16(24(32)28-22-15-23(31)30(29-22)20-8-3-2-4-9-20)34-21-12-10-19(11-13-21)27-25(33)17-6-5-7-18(26)14-17/h2-14,16H,15H2,1H3,(H,27,33)(H,28,29,32). The van der Waals surface area contributed by atoms with Crippen molar-refractivity contribution in [1.82, 2.24) is 5.32 Å². The Hall–Kier alpha value is -3.62. The van der Waals surface area contributed by atoms with E-state index in [4.69, 9.17) is 11.6 Å². The van der Waals surface area contributed by atoms with Crippen molar-refractivity contribution >= 4 is 58.3 Å². The average Bonchev–Trinajstić information content (AvgIpc) is 3.20. The van der Waals surface area contributed by atoms with E-state index in [-0.39, 0.29) is 24.1 Å². The molecule has 9 heteroatoms. The number of para-hydroxylation sites is 1. The molecule has 0 fully saturated rings. The second-order valence-electron chi connectivity index (χ2n) is 7.50. The normalized spacial score (nSPS) is 13.9. The molecule has 1 aliphatic rings. The van der Waals surface area contributed by atoms with Crippen LogP contribution < -0.4 is 15.6 Å². The van der Waals surface area contributed by atoms with Gasteiger partial charge in [-0.2, -0.15) is 10.1 Å². The monoisotopic (exact) mass is 492 g/mol. The molecule has 1 heterocycles. The van der Waals surface area contributed by atoms with Crippen LogP contribution in [0.15, 0.2) is 88.9 Å². The predicted molar refractivity (Wildman–Crippen MR) is 135 cm³/mol. The number of carbonyl (C=O) groups is 3. The molecule has 0 radical (unpaired) electrons. The zero-order valence-corrected chi connectivity index (χ0v) is 19.8. The molecule has 4 rings (SSSR count). The van der Waals surface area contributed by atoms with Gasteiger partial charge < -0.3 is 10.6 Å². The van der Waals surface area contributed by atoms with E-state index < -0.39 is 5.25 Å². The Morgan fingerprint density at radius 1 is 1.00 bits per heavy atom. The molecule has 3 aromatic carbocycles. The van der Waals surface area contributed by atoms with E-state index >= 15 is 0 Å². The van der Waals surface area contributed by atoms with Gasteiger partial charge in [0.15, 0.2) is 0 Å². The molecule has 1 aliphatic heterocycles. The number of halogens is 1. The average molecular weight is 493 g/mol. The summed E-state index contributed by atoms with van der Waals surface area (Å²) in [5.74, 6) is -0.375. The highest BCUT2D eigenvalue weighted by Crippen LogP contribution is 2.26. The van der Waals surface area contributed by atoms with Gasteiger partial charge in [0.2, 0.25) is 5.91 Å². The fraction of sp³-hybridized carbons (Fsp3) is 0.120. The third kappa shape index (κ3) is 5.84. The van der Waals surface area contributed by atoms with Crippen LogP contribution in [-0.4, -0.2) is 28.8 Å². The highest BCUT2D eigenvalue weighted by molar-refractivity contribution is 8.00. The van der Waals surface area contributed by atoms with Crippen molar-refractivity contribution in [1.29, 1.82) is 0 Å². The molecule has 0 saturated carbocycles. The van der Waals surface area contributed by atoms with E-state index in [1.165, 1.54) is 16.8 Å². The van der Waals surface area contributed by atoms with Crippen LogP contribution in [0.25, 0.3) is 0 Å². The number of thioether (sulfide) groups is 1. The first kappa shape index (κ1) is 23.5. The number of benzene rings is 3. The second-order valence-corrected chi connectivity index (χ2v) is 9.35. The Morgan fingerprint density at radius 2 is 1.74 bits per heavy atom. The Kier molecular flexibility index (Phi) is 7.30. The molecule has 3 amide bonds. The first-order valence-corrected chi connectivity index (χ1v) is 11.7. The lowest BCUT2D eigenvalue weighted by atomic mass is 10.2. The van der Waals surface area contributed by atoms with Gasteiger partial charge in [0.1, 0.15) is 5.84 Å². The maximum Gasteiger partial charge on any atom is 0.255 e. The molecule has 2 N–H and O–H groups in total. The lowest BCUT2D eigenvalue weighted by Gasteiger charge is -2.12. The van der Waals surface area contributed by atoms with E-state index in [0.29, 0.717) is 27.8 Å². The number of rotatable bonds is 6. The number of amidine groups is 1. The van der Waals surface area contributed by atoms with Gasteiger partial charge >= 0.3 is 0 Å². The van der Waals surface area contributed by atoms with Crippen molar-refractivity contribution in [3.63, 3.8) is 0 Å². The second kappa shape index (κ2) is 10.5. The zero-order valence-electron chi connectivity index (χ0n) is 18.2. The molecule has 3 aromatic rings. The highest BCUT2D eigenvalue weighted by Gasteiger charge is 2.27. The molecule has 7 nitrogen and oxygen atoms in total. The van der Waals surface area contributed by atoms with E-state index in [1.54, 1.807) is 55.5 Å². The minimum Gasteiger partial charge on any atom is -0.322 e. The van der Waals surface area contributed by atoms with Crippen LogP contribution in [0.3, 0.4) is 0 Å². The van der Waals surface area contributed by atoms with Gasteiger partial charge in [-0.3, -0.25) is 14.4 Å². The lowest BCUT2D eigenvalue weighted by Crippen LogP contribution is -2.35. The topological polar surface area (TPSA) is 90.9 Å². The molecule has 0 aliphatic carbocycles. The van der Waals surface area contributed by atoms with E-state index in [0.717, 1.165) is 4.90 Å². The highest BCUT2D eigenvalue weighted by atomic mass is 35.5. The number of anilines is 2. The molecule has 0 bridgehead atoms. The van der Waals surface area contributed by atoms with Gasteiger partial charge in [-0.1, -0.05) is 35.9 Å². The van der Waals surface area contributed by atoms with Gasteiger partial charge in [0.05, 0.1) is 17.4 Å². The summed E-state index contributed by atoms with van der Waals surface area (Å²) in [5, 5.41) is 11.2. The number of hydrazone groups is 1. The van der Waals surface area contributed by atoms with Crippen molar-refractivity contribution < 1.29 is 14.4 Å². The molecule has 1 unspecified atom stereocenters. The summed E-state index contributed by atoms with van der Waals surface area (Å²) in [6.45, 7) is 1.78. The number of nitrogens with one attached hydrogen (secondary N) is 2. The van der Waals surface area contributed by atoms with Crippen molar-refractivity contribution in [2.45, 2.75) is 23.5 Å². The third-order valence-electron chi connectivity index (χ3n) is 4.92. The quantitative estimate of drug-likeness (QED) is 0.477. The fourth-order valence-electron chi connectivity index (χ4n) is 3.22. The van der Waals surface area contributed by atoms with E-state index in [2.05, 4.69) is 15.7 Å². The van der Waals surface area contributed by atoms with Crippen molar-refractivity contribution in [2.75, 3.05) is 10.3 Å². The lowest BCUT2D eigenvalue weighted by molar-refractivity contribution is -0.118. The van der Waals surface area contributed by atoms with Crippen LogP contribution >= 0.6 is 23.4 Å². The number of carbonyl (C=O) groups excluding carboxylic acids is 3. The SMILES string of the molecule is CC(Sc1ccc(NC(=O)c2cccc(Cl)c2)cc1)C(=O)NC1=NN(c2ccccc2)C(=O)C1. The van der Waals surface area contributed by atoms with Crippen LogP contribution in [0.4, 0.5) is 11.4 Å². The predicted octanol–water partition coefficient (Wildman–Crippen LogP) is 4.94. The molecule has 0 aromatic heterocycles. The van der Waals surface area contributed by atoms with Crippen LogP contribution in [0.1, 0.15) is 23.7 Å². The summed E-state index contributed by atoms with van der Waals surface area (Å²) >= 11 is 7.30. The largest absolute Gasteiger partial charge is 0.322 e. The Morgan fingerprint density at radius 3 is 2.44 bits per heavy atom. The van der Waals surface area contributed by atoms with Gasteiger partial charge in [-0.25, -0.2) is 0 Å². The van der Waals surface area contributed by atoms with Crippen LogP contribution in [-0.2, 0) is 9.59 Å². The minimum absolute atomic E-state index is 0.0407. The van der Waals surface area contributed by atoms with Gasteiger partial charge in [-0.15, -0.1) is 11.8 Å². The van der Waals surface area contributed by atoms with Crippen molar-refractivity contribution in [3.8, 4) is 0 Å². The molecule has 0 saturated heterocycles. The van der Waals surface area contributed by atoms with E-state index in [1.807, 2.05) is 30.3 Å². The van der Waals surface area contributed by atoms with Crippen LogP contribution in [0.5, 0.6) is 0 Å². The minimum atomic E-state index is -0.421. The van der Waals surface area contributed by atoms with Gasteiger partial charge in [0, 0.05) is 21.2 Å². The molecule has 34 heavy (non-hydrogen) atoms. The summed E-state index contributed by atoms with van der Waals surface area (Å²) in [7, 11) is 0. The molecule has 172 valence electrons. The molecule has 0 spiro atoms. The Balaban J connectivity index is 1.32. The Labute approximate surface area is 206 Å². The van der Waals surface area contributed by atoms with Gasteiger partial charge in [-0.05, 0) is 61.5 Å². The number of hydrogen-bond donors (Lipinski definition) is 2. The van der Waals surface area contributed by atoms with Crippen LogP contribution in [0.2, 0.25) is 5.02 Å². The molecular formula is C25H21ClN4O3S. The first-order valence-electron chi connectivity index (χ1n) is 10.5. The maximum atomic E-state index is 12.6. The summed E-state index contributed by atoms with van der Waals surface area (Å²) in [5.41, 5.74) is 1.75. The summed E-state index contributed by atoms with van der Waals surface area (Å²) in [4.78, 5) is 38.1. The smallest absolute Gasteiger partial charge is 0.255 e. The summed E-state index contributed by atoms with van der Waals surface area (Å²) < 4.78 is 0. The van der Waals surface area contributed by atoms with Crippen LogP contribution in [0, 0.1) is 0 Å². The van der Waals surface area contributed by atoms with Crippen molar-refractivity contribution in [2.24, 2.45) is 5.10 Å². The zero-order chi connectivity index (χ0) is 24.1. The number of amides is 3. The van der Waals surface area contributed by atoms with Gasteiger partial charge in [0.25, 0.3) is 11.8 Å². The fourth-order valence-corrected chi connectivity index (χ4v) is 4.28. The summed E-state index contributed by atoms with van der Waals surface area (Å²) in [6.07, 6.45) is 0.0407.